The molecule has 53 heavy (non-hydrogen) atoms. The molecule has 9 atom stereocenters. The Hall–Kier alpha value is -3.40. The van der Waals surface area contributed by atoms with Crippen LogP contribution in [0.4, 0.5) is 0 Å². The first-order chi connectivity index (χ1) is 26.2. The highest BCUT2D eigenvalue weighted by Gasteiger charge is 2.60. The number of hydrogen-bond acceptors (Lipinski definition) is 2. The molecule has 0 saturated carbocycles. The largest absolute Gasteiger partial charge is 0.336 e. The molecule has 2 aliphatic heterocycles. The number of hydrogen-bond donors (Lipinski definition) is 0. The van der Waals surface area contributed by atoms with Crippen molar-refractivity contribution in [1.29, 1.82) is 0 Å². The molecule has 2 aromatic carbocycles. The SMILES string of the molecule is CC1C=Cc2c(n(C3C=CC=CC3)c3c(C4C=CC5=C(C4)Sc4ccccc4C54C5C=CCCC5SC5CCC(C6CC=CCC6)=CC54)cccc23)C1. The van der Waals surface area contributed by atoms with Crippen LogP contribution in [0.3, 0.4) is 0 Å². The van der Waals surface area contributed by atoms with E-state index < -0.39 is 0 Å². The highest BCUT2D eigenvalue weighted by Crippen LogP contribution is 2.67. The van der Waals surface area contributed by atoms with Gasteiger partial charge in [0, 0.05) is 55.2 Å². The zero-order valence-corrected chi connectivity index (χ0v) is 32.6. The van der Waals surface area contributed by atoms with Gasteiger partial charge < -0.3 is 4.57 Å². The number of aromatic nitrogens is 1. The minimum Gasteiger partial charge on any atom is -0.336 e. The van der Waals surface area contributed by atoms with Crippen LogP contribution in [0.1, 0.15) is 99.1 Å². The number of benzene rings is 2. The van der Waals surface area contributed by atoms with Crippen molar-refractivity contribution in [2.45, 2.75) is 104 Å². The Morgan fingerprint density at radius 3 is 2.60 bits per heavy atom. The second-order valence-corrected chi connectivity index (χ2v) is 19.8. The van der Waals surface area contributed by atoms with Crippen LogP contribution in [0.15, 0.2) is 136 Å². The third-order valence-electron chi connectivity index (χ3n) is 14.3. The van der Waals surface area contributed by atoms with Crippen LogP contribution in [-0.2, 0) is 11.8 Å². The van der Waals surface area contributed by atoms with Crippen molar-refractivity contribution in [2.75, 3.05) is 0 Å². The maximum atomic E-state index is 2.89. The summed E-state index contributed by atoms with van der Waals surface area (Å²) in [7, 11) is 0. The summed E-state index contributed by atoms with van der Waals surface area (Å²) in [6.45, 7) is 2.38. The van der Waals surface area contributed by atoms with Gasteiger partial charge in [0.2, 0.25) is 0 Å². The average Bonchev–Trinajstić information content (AvgIpc) is 3.54. The van der Waals surface area contributed by atoms with E-state index in [9.17, 15) is 0 Å². The number of allylic oxidation sites excluding steroid dienone is 15. The molecule has 9 unspecified atom stereocenters. The third-order valence-corrected chi connectivity index (χ3v) is 17.2. The lowest BCUT2D eigenvalue weighted by Crippen LogP contribution is -2.56. The molecule has 3 heterocycles. The monoisotopic (exact) mass is 729 g/mol. The fourth-order valence-electron chi connectivity index (χ4n) is 12.0. The minimum atomic E-state index is -0.0161. The molecule has 0 radical (unpaired) electrons. The predicted octanol–water partition coefficient (Wildman–Crippen LogP) is 13.4. The van der Waals surface area contributed by atoms with Gasteiger partial charge in [-0.1, -0.05) is 140 Å². The van der Waals surface area contributed by atoms with Crippen LogP contribution in [0, 0.1) is 23.7 Å². The van der Waals surface area contributed by atoms with Gasteiger partial charge >= 0.3 is 0 Å². The number of rotatable bonds is 3. The Labute approximate surface area is 324 Å². The molecule has 1 nitrogen and oxygen atoms in total. The van der Waals surface area contributed by atoms with Gasteiger partial charge in [0.05, 0.1) is 11.6 Å². The summed E-state index contributed by atoms with van der Waals surface area (Å²) in [5.74, 6) is 2.68. The van der Waals surface area contributed by atoms with Crippen LogP contribution in [-0.4, -0.2) is 15.1 Å². The molecule has 1 aromatic heterocycles. The Morgan fingerprint density at radius 1 is 0.774 bits per heavy atom. The summed E-state index contributed by atoms with van der Waals surface area (Å²) < 4.78 is 2.76. The number of thioether (sulfide) groups is 2. The minimum absolute atomic E-state index is 0.0161. The summed E-state index contributed by atoms with van der Waals surface area (Å²) in [6.07, 6.45) is 44.7. The van der Waals surface area contributed by atoms with E-state index in [-0.39, 0.29) is 5.41 Å². The van der Waals surface area contributed by atoms with Crippen LogP contribution in [0.2, 0.25) is 0 Å². The first-order valence-corrected chi connectivity index (χ1v) is 22.5. The fourth-order valence-corrected chi connectivity index (χ4v) is 15.3. The summed E-state index contributed by atoms with van der Waals surface area (Å²) in [4.78, 5) is 3.15. The Kier molecular flexibility index (Phi) is 8.17. The van der Waals surface area contributed by atoms with E-state index in [2.05, 4.69) is 156 Å². The molecule has 1 fully saturated rings. The molecule has 0 N–H and O–H groups in total. The van der Waals surface area contributed by atoms with Gasteiger partial charge in [0.1, 0.15) is 0 Å². The second-order valence-electron chi connectivity index (χ2n) is 17.1. The van der Waals surface area contributed by atoms with Gasteiger partial charge in [0.15, 0.2) is 0 Å². The number of fused-ring (bicyclic) bond motifs is 10. The van der Waals surface area contributed by atoms with Crippen LogP contribution >= 0.6 is 23.5 Å². The molecule has 0 bridgehead atoms. The molecule has 3 aromatic rings. The maximum absolute atomic E-state index is 2.89. The first-order valence-electron chi connectivity index (χ1n) is 20.7. The Balaban J connectivity index is 1.08. The van der Waals surface area contributed by atoms with Crippen molar-refractivity contribution >= 4 is 40.5 Å². The molecule has 268 valence electrons. The zero-order chi connectivity index (χ0) is 35.1. The third kappa shape index (κ3) is 5.12. The molecule has 1 saturated heterocycles. The molecular weight excluding hydrogens is 679 g/mol. The number of nitrogens with zero attached hydrogens (tertiary/aromatic N) is 1. The molecule has 0 amide bonds. The van der Waals surface area contributed by atoms with Crippen LogP contribution in [0.25, 0.3) is 17.0 Å². The summed E-state index contributed by atoms with van der Waals surface area (Å²) >= 11 is 4.48. The number of para-hydroxylation sites is 1. The van der Waals surface area contributed by atoms with Gasteiger partial charge in [-0.25, -0.2) is 0 Å². The second kappa shape index (κ2) is 13.1. The van der Waals surface area contributed by atoms with Crippen molar-refractivity contribution in [1.82, 2.24) is 4.57 Å². The van der Waals surface area contributed by atoms with E-state index in [0.29, 0.717) is 40.2 Å². The quantitative estimate of drug-likeness (QED) is 0.247. The summed E-state index contributed by atoms with van der Waals surface area (Å²) in [5, 5.41) is 2.80. The molecule has 1 spiro atoms. The van der Waals surface area contributed by atoms with Crippen molar-refractivity contribution < 1.29 is 0 Å². The lowest BCUT2D eigenvalue weighted by atomic mass is 9.52. The Morgan fingerprint density at radius 2 is 1.70 bits per heavy atom. The van der Waals surface area contributed by atoms with E-state index in [1.165, 1.54) is 77.6 Å². The van der Waals surface area contributed by atoms with Gasteiger partial charge in [0.25, 0.3) is 0 Å². The van der Waals surface area contributed by atoms with E-state index in [1.807, 2.05) is 0 Å². The van der Waals surface area contributed by atoms with Crippen molar-refractivity contribution in [3.05, 3.63) is 154 Å². The van der Waals surface area contributed by atoms with Gasteiger partial charge in [-0.15, -0.1) is 0 Å². The van der Waals surface area contributed by atoms with Gasteiger partial charge in [-0.05, 0) is 104 Å². The predicted molar refractivity (Wildman–Crippen MR) is 228 cm³/mol. The van der Waals surface area contributed by atoms with Crippen LogP contribution in [0.5, 0.6) is 0 Å². The summed E-state index contributed by atoms with van der Waals surface area (Å²) in [6, 6.07) is 17.3. The van der Waals surface area contributed by atoms with E-state index in [4.69, 9.17) is 0 Å². The standard InChI is InChI=1S/C50H51NS2/c1-32-23-26-38-39-18-12-17-37(49(39)51(44(38)29-32)36-15-6-3-7-16-36)35-24-27-42-48(31-35)53-46-22-11-9-20-41(46)50(42)40-19-8-10-21-45(40)52-47-28-25-34(30-43(47)50)33-13-4-2-5-14-33/h2-4,6-9,11-12,15,17-20,22-24,26-27,30,32-33,35-36,40,43,45,47H,5,10,13-14,16,21,25,28-29,31H2,1H3. The lowest BCUT2D eigenvalue weighted by molar-refractivity contribution is 0.231. The summed E-state index contributed by atoms with van der Waals surface area (Å²) in [5.41, 5.74) is 11.0. The zero-order valence-electron chi connectivity index (χ0n) is 31.0. The maximum Gasteiger partial charge on any atom is 0.0557 e. The first kappa shape index (κ1) is 33.0. The van der Waals surface area contributed by atoms with E-state index in [0.717, 1.165) is 25.2 Å². The highest BCUT2D eigenvalue weighted by molar-refractivity contribution is 8.03. The van der Waals surface area contributed by atoms with E-state index in [1.54, 1.807) is 21.6 Å². The fraction of sp³-hybridized carbons (Fsp3) is 0.400. The van der Waals surface area contributed by atoms with Crippen LogP contribution < -0.4 is 0 Å². The highest BCUT2D eigenvalue weighted by atomic mass is 32.2. The van der Waals surface area contributed by atoms with Crippen molar-refractivity contribution in [2.24, 2.45) is 23.7 Å². The molecule has 3 heteroatoms. The normalized spacial score (nSPS) is 35.2. The molecule has 11 rings (SSSR count). The Bertz CT molecular complexity index is 2230. The smallest absolute Gasteiger partial charge is 0.0557 e. The van der Waals surface area contributed by atoms with Gasteiger partial charge in [-0.2, -0.15) is 11.8 Å². The molecule has 8 aliphatic rings. The van der Waals surface area contributed by atoms with Gasteiger partial charge in [-0.3, -0.25) is 0 Å². The molecule has 6 aliphatic carbocycles. The topological polar surface area (TPSA) is 4.93 Å². The van der Waals surface area contributed by atoms with Crippen molar-refractivity contribution in [3.8, 4) is 0 Å². The van der Waals surface area contributed by atoms with E-state index >= 15 is 0 Å². The average molecular weight is 730 g/mol. The lowest BCUT2D eigenvalue weighted by Gasteiger charge is -2.60. The molecular formula is C50H51NS2. The van der Waals surface area contributed by atoms with Crippen molar-refractivity contribution in [3.63, 3.8) is 0 Å².